The van der Waals surface area contributed by atoms with Crippen molar-refractivity contribution >= 4 is 11.7 Å². The Bertz CT molecular complexity index is 599. The van der Waals surface area contributed by atoms with Crippen molar-refractivity contribution in [3.05, 3.63) is 23.9 Å². The first-order valence-electron chi connectivity index (χ1n) is 6.53. The van der Waals surface area contributed by atoms with Crippen LogP contribution in [-0.2, 0) is 16.1 Å². The Morgan fingerprint density at radius 2 is 2.55 bits per heavy atom. The zero-order valence-corrected chi connectivity index (χ0v) is 11.2. The summed E-state index contributed by atoms with van der Waals surface area (Å²) in [6.45, 7) is 2.69. The van der Waals surface area contributed by atoms with Crippen molar-refractivity contribution in [2.75, 3.05) is 11.9 Å². The minimum absolute atomic E-state index is 0.0608. The number of amides is 1. The molecule has 8 nitrogen and oxygen atoms in total. The highest BCUT2D eigenvalue weighted by molar-refractivity contribution is 5.89. The van der Waals surface area contributed by atoms with E-state index in [1.165, 1.54) is 11.0 Å². The maximum absolute atomic E-state index is 11.9. The van der Waals surface area contributed by atoms with Crippen LogP contribution in [0.2, 0.25) is 0 Å². The van der Waals surface area contributed by atoms with E-state index in [1.807, 2.05) is 6.07 Å². The molecule has 106 valence electrons. The van der Waals surface area contributed by atoms with Gasteiger partial charge < -0.3 is 10.1 Å². The van der Waals surface area contributed by atoms with Crippen molar-refractivity contribution in [2.24, 2.45) is 0 Å². The number of hydrogen-bond donors (Lipinski definition) is 2. The van der Waals surface area contributed by atoms with Crippen molar-refractivity contribution < 1.29 is 9.53 Å². The average molecular weight is 276 g/mol. The summed E-state index contributed by atoms with van der Waals surface area (Å²) in [6.07, 6.45) is 3.52. The van der Waals surface area contributed by atoms with Crippen LogP contribution in [-0.4, -0.2) is 37.5 Å². The largest absolute Gasteiger partial charge is 0.372 e. The Kier molecular flexibility index (Phi) is 3.46. The summed E-state index contributed by atoms with van der Waals surface area (Å²) in [5, 5.41) is 13.7. The predicted octanol–water partition coefficient (Wildman–Crippen LogP) is 0.800. The van der Waals surface area contributed by atoms with Crippen molar-refractivity contribution in [3.63, 3.8) is 0 Å². The number of H-pyrrole nitrogens is 1. The third kappa shape index (κ3) is 2.69. The second-order valence-corrected chi connectivity index (χ2v) is 4.72. The molecule has 20 heavy (non-hydrogen) atoms. The molecule has 0 aromatic carbocycles. The molecule has 1 fully saturated rings. The molecule has 1 amide bonds. The van der Waals surface area contributed by atoms with Gasteiger partial charge in [-0.3, -0.25) is 9.89 Å². The fourth-order valence-electron chi connectivity index (χ4n) is 2.18. The zero-order valence-electron chi connectivity index (χ0n) is 11.2. The van der Waals surface area contributed by atoms with Crippen LogP contribution in [0.25, 0.3) is 0 Å². The van der Waals surface area contributed by atoms with E-state index in [-0.39, 0.29) is 18.6 Å². The quantitative estimate of drug-likeness (QED) is 0.860. The third-order valence-electron chi connectivity index (χ3n) is 3.24. The van der Waals surface area contributed by atoms with Gasteiger partial charge in [0.2, 0.25) is 5.91 Å². The highest BCUT2D eigenvalue weighted by Crippen LogP contribution is 2.27. The van der Waals surface area contributed by atoms with Gasteiger partial charge in [-0.15, -0.1) is 0 Å². The highest BCUT2D eigenvalue weighted by Gasteiger charge is 2.20. The average Bonchev–Trinajstić information content (AvgIpc) is 3.12. The molecular formula is C12H16N6O2. The normalized spacial score (nSPS) is 18.4. The van der Waals surface area contributed by atoms with Gasteiger partial charge in [0.25, 0.3) is 0 Å². The van der Waals surface area contributed by atoms with Crippen LogP contribution in [0.5, 0.6) is 0 Å². The number of ether oxygens (including phenoxy) is 1. The number of nitrogens with zero attached hydrogens (tertiary/aromatic N) is 4. The molecule has 2 aromatic heterocycles. The Labute approximate surface area is 115 Å². The third-order valence-corrected chi connectivity index (χ3v) is 3.24. The number of nitrogens with one attached hydrogen (secondary N) is 2. The van der Waals surface area contributed by atoms with Crippen molar-refractivity contribution in [1.29, 1.82) is 0 Å². The molecule has 1 saturated heterocycles. The molecule has 1 atom stereocenters. The lowest BCUT2D eigenvalue weighted by molar-refractivity contribution is -0.117. The number of aromatic nitrogens is 5. The van der Waals surface area contributed by atoms with E-state index in [4.69, 9.17) is 4.74 Å². The molecular weight excluding hydrogens is 260 g/mol. The van der Waals surface area contributed by atoms with Crippen molar-refractivity contribution in [3.8, 4) is 0 Å². The molecule has 1 unspecified atom stereocenters. The van der Waals surface area contributed by atoms with Crippen LogP contribution in [0, 0.1) is 6.92 Å². The first kappa shape index (κ1) is 12.8. The molecule has 0 spiro atoms. The number of carbonyl (C=O) groups is 1. The van der Waals surface area contributed by atoms with E-state index < -0.39 is 0 Å². The predicted molar refractivity (Wildman–Crippen MR) is 69.9 cm³/mol. The molecule has 0 aliphatic carbocycles. The lowest BCUT2D eigenvalue weighted by atomic mass is 10.2. The molecule has 1 aliphatic heterocycles. The maximum atomic E-state index is 11.9. The van der Waals surface area contributed by atoms with Gasteiger partial charge in [-0.25, -0.2) is 9.67 Å². The first-order chi connectivity index (χ1) is 9.72. The minimum atomic E-state index is -0.191. The molecule has 2 aromatic rings. The topological polar surface area (TPSA) is 97.7 Å². The van der Waals surface area contributed by atoms with Gasteiger partial charge in [-0.2, -0.15) is 10.2 Å². The van der Waals surface area contributed by atoms with Crippen molar-refractivity contribution in [1.82, 2.24) is 25.0 Å². The summed E-state index contributed by atoms with van der Waals surface area (Å²) in [5.41, 5.74) is 0.898. The van der Waals surface area contributed by atoms with Gasteiger partial charge in [0, 0.05) is 12.7 Å². The summed E-state index contributed by atoms with van der Waals surface area (Å²) in [7, 11) is 0. The Balaban J connectivity index is 1.60. The van der Waals surface area contributed by atoms with Gasteiger partial charge in [-0.1, -0.05) is 0 Å². The van der Waals surface area contributed by atoms with Gasteiger partial charge in [-0.05, 0) is 19.8 Å². The number of hydrogen-bond acceptors (Lipinski definition) is 5. The minimum Gasteiger partial charge on any atom is -0.372 e. The zero-order chi connectivity index (χ0) is 13.9. The number of aryl methyl sites for hydroxylation is 1. The van der Waals surface area contributed by atoms with Gasteiger partial charge in [0.05, 0.1) is 11.8 Å². The highest BCUT2D eigenvalue weighted by atomic mass is 16.5. The summed E-state index contributed by atoms with van der Waals surface area (Å²) in [6, 6.07) is 1.81. The monoisotopic (exact) mass is 276 g/mol. The number of aromatic amines is 1. The maximum Gasteiger partial charge on any atom is 0.247 e. The standard InChI is InChI=1S/C12H16N6O2/c1-8-13-7-14-18(8)6-12(19)15-11-5-9(16-17-11)10-3-2-4-20-10/h5,7,10H,2-4,6H2,1H3,(H2,15,16,17,19). The van der Waals surface area contributed by atoms with E-state index in [2.05, 4.69) is 25.6 Å². The van der Waals surface area contributed by atoms with Crippen LogP contribution >= 0.6 is 0 Å². The summed E-state index contributed by atoms with van der Waals surface area (Å²) < 4.78 is 7.08. The smallest absolute Gasteiger partial charge is 0.247 e. The molecule has 1 aliphatic rings. The van der Waals surface area contributed by atoms with E-state index >= 15 is 0 Å². The fourth-order valence-corrected chi connectivity index (χ4v) is 2.18. The van der Waals surface area contributed by atoms with Gasteiger partial charge in [0.1, 0.15) is 18.7 Å². The second-order valence-electron chi connectivity index (χ2n) is 4.72. The van der Waals surface area contributed by atoms with E-state index in [9.17, 15) is 4.79 Å². The van der Waals surface area contributed by atoms with Crippen LogP contribution in [0.4, 0.5) is 5.82 Å². The van der Waals surface area contributed by atoms with Crippen LogP contribution in [0.3, 0.4) is 0 Å². The van der Waals surface area contributed by atoms with Crippen molar-refractivity contribution in [2.45, 2.75) is 32.4 Å². The molecule has 0 saturated carbocycles. The van der Waals surface area contributed by atoms with Gasteiger partial charge in [0.15, 0.2) is 5.82 Å². The Morgan fingerprint density at radius 1 is 1.65 bits per heavy atom. The number of anilines is 1. The van der Waals surface area contributed by atoms with E-state index in [0.717, 1.165) is 25.1 Å². The SMILES string of the molecule is Cc1ncnn1CC(=O)Nc1cc(C2CCCO2)[nH]n1. The number of carbonyl (C=O) groups excluding carboxylic acids is 1. The van der Waals surface area contributed by atoms with Gasteiger partial charge >= 0.3 is 0 Å². The molecule has 8 heteroatoms. The Morgan fingerprint density at radius 3 is 3.25 bits per heavy atom. The van der Waals surface area contributed by atoms with Crippen LogP contribution in [0.15, 0.2) is 12.4 Å². The molecule has 3 heterocycles. The van der Waals surface area contributed by atoms with E-state index in [1.54, 1.807) is 6.92 Å². The molecule has 2 N–H and O–H groups in total. The first-order valence-corrected chi connectivity index (χ1v) is 6.53. The molecule has 3 rings (SSSR count). The number of rotatable bonds is 4. The Hall–Kier alpha value is -2.22. The van der Waals surface area contributed by atoms with E-state index in [0.29, 0.717) is 11.6 Å². The molecule has 0 bridgehead atoms. The van der Waals surface area contributed by atoms with Crippen LogP contribution in [0.1, 0.15) is 30.5 Å². The fraction of sp³-hybridized carbons (Fsp3) is 0.500. The lowest BCUT2D eigenvalue weighted by Gasteiger charge is -2.04. The summed E-state index contributed by atoms with van der Waals surface area (Å²) >= 11 is 0. The van der Waals surface area contributed by atoms with Crippen LogP contribution < -0.4 is 5.32 Å². The lowest BCUT2D eigenvalue weighted by Crippen LogP contribution is -2.20. The second kappa shape index (κ2) is 5.41. The molecule has 0 radical (unpaired) electrons. The summed E-state index contributed by atoms with van der Waals surface area (Å²) in [4.78, 5) is 15.8. The summed E-state index contributed by atoms with van der Waals surface area (Å²) in [5.74, 6) is 1.00.